The SMILES string of the molecule is CCOC(=O)N1CCN(c2ncnc(Nc3ccc(OCC)cc3)c2N)CC1. The average Bonchev–Trinajstić information content (AvgIpc) is 2.71. The summed E-state index contributed by atoms with van der Waals surface area (Å²) in [7, 11) is 0. The van der Waals surface area contributed by atoms with Crippen LogP contribution in [0.15, 0.2) is 30.6 Å². The monoisotopic (exact) mass is 386 g/mol. The molecule has 150 valence electrons. The number of amides is 1. The molecule has 1 aromatic heterocycles. The van der Waals surface area contributed by atoms with Crippen LogP contribution in [-0.4, -0.2) is 60.4 Å². The second kappa shape index (κ2) is 9.12. The third-order valence-corrected chi connectivity index (χ3v) is 4.40. The van der Waals surface area contributed by atoms with Crippen molar-refractivity contribution in [1.82, 2.24) is 14.9 Å². The minimum Gasteiger partial charge on any atom is -0.494 e. The maximum Gasteiger partial charge on any atom is 0.409 e. The molecule has 1 aliphatic heterocycles. The molecule has 0 bridgehead atoms. The normalized spacial score (nSPS) is 13.9. The lowest BCUT2D eigenvalue weighted by molar-refractivity contribution is 0.105. The van der Waals surface area contributed by atoms with Crippen molar-refractivity contribution >= 4 is 29.1 Å². The van der Waals surface area contributed by atoms with Crippen LogP contribution in [0.5, 0.6) is 5.75 Å². The van der Waals surface area contributed by atoms with E-state index in [4.69, 9.17) is 15.2 Å². The van der Waals surface area contributed by atoms with E-state index in [-0.39, 0.29) is 6.09 Å². The number of carbonyl (C=O) groups excluding carboxylic acids is 1. The Morgan fingerprint density at radius 1 is 1.11 bits per heavy atom. The maximum atomic E-state index is 11.8. The fourth-order valence-corrected chi connectivity index (χ4v) is 2.99. The van der Waals surface area contributed by atoms with E-state index in [0.717, 1.165) is 11.4 Å². The molecule has 9 heteroatoms. The van der Waals surface area contributed by atoms with E-state index < -0.39 is 0 Å². The number of aromatic nitrogens is 2. The Labute approximate surface area is 164 Å². The molecule has 1 aromatic carbocycles. The molecule has 0 spiro atoms. The van der Waals surface area contributed by atoms with E-state index in [0.29, 0.717) is 56.7 Å². The number of hydrogen-bond donors (Lipinski definition) is 2. The van der Waals surface area contributed by atoms with E-state index in [1.165, 1.54) is 6.33 Å². The molecule has 9 nitrogen and oxygen atoms in total. The van der Waals surface area contributed by atoms with Crippen molar-refractivity contribution in [3.05, 3.63) is 30.6 Å². The van der Waals surface area contributed by atoms with Crippen LogP contribution in [-0.2, 0) is 4.74 Å². The standard InChI is InChI=1S/C19H26N6O3/c1-3-27-15-7-5-14(6-8-15)23-17-16(20)18(22-13-21-17)24-9-11-25(12-10-24)19(26)28-4-2/h5-8,13H,3-4,9-12,20H2,1-2H3,(H,21,22,23). The number of ether oxygens (including phenoxy) is 2. The van der Waals surface area contributed by atoms with Crippen LogP contribution >= 0.6 is 0 Å². The second-order valence-corrected chi connectivity index (χ2v) is 6.21. The van der Waals surface area contributed by atoms with Gasteiger partial charge in [-0.2, -0.15) is 0 Å². The highest BCUT2D eigenvalue weighted by Crippen LogP contribution is 2.29. The molecule has 1 fully saturated rings. The highest BCUT2D eigenvalue weighted by atomic mass is 16.6. The molecule has 2 aromatic rings. The van der Waals surface area contributed by atoms with Crippen molar-refractivity contribution in [1.29, 1.82) is 0 Å². The van der Waals surface area contributed by atoms with Crippen LogP contribution in [0.1, 0.15) is 13.8 Å². The Morgan fingerprint density at radius 2 is 1.82 bits per heavy atom. The fraction of sp³-hybridized carbons (Fsp3) is 0.421. The van der Waals surface area contributed by atoms with Gasteiger partial charge in [-0.3, -0.25) is 0 Å². The molecule has 0 aliphatic carbocycles. The molecular weight excluding hydrogens is 360 g/mol. The predicted octanol–water partition coefficient (Wildman–Crippen LogP) is 2.48. The molecule has 1 aliphatic rings. The Hall–Kier alpha value is -3.23. The Bertz CT molecular complexity index is 791. The summed E-state index contributed by atoms with van der Waals surface area (Å²) in [4.78, 5) is 24.2. The highest BCUT2D eigenvalue weighted by molar-refractivity contribution is 5.78. The third kappa shape index (κ3) is 4.54. The highest BCUT2D eigenvalue weighted by Gasteiger charge is 2.24. The van der Waals surface area contributed by atoms with Crippen molar-refractivity contribution in [2.75, 3.05) is 55.3 Å². The summed E-state index contributed by atoms with van der Waals surface area (Å²) >= 11 is 0. The van der Waals surface area contributed by atoms with E-state index in [2.05, 4.69) is 20.2 Å². The van der Waals surface area contributed by atoms with Gasteiger partial charge in [0.1, 0.15) is 17.8 Å². The summed E-state index contributed by atoms with van der Waals surface area (Å²) in [5, 5.41) is 3.22. The van der Waals surface area contributed by atoms with Gasteiger partial charge in [0.25, 0.3) is 0 Å². The van der Waals surface area contributed by atoms with Crippen molar-refractivity contribution in [3.8, 4) is 5.75 Å². The number of nitrogen functional groups attached to an aromatic ring is 1. The molecular formula is C19H26N6O3. The Kier molecular flexibility index (Phi) is 6.36. The minimum absolute atomic E-state index is 0.282. The van der Waals surface area contributed by atoms with Crippen molar-refractivity contribution in [2.45, 2.75) is 13.8 Å². The van der Waals surface area contributed by atoms with Gasteiger partial charge < -0.3 is 30.3 Å². The quantitative estimate of drug-likeness (QED) is 0.780. The number of piperazine rings is 1. The molecule has 3 N–H and O–H groups in total. The van der Waals surface area contributed by atoms with Crippen LogP contribution in [0.4, 0.5) is 27.8 Å². The molecule has 1 amide bonds. The first-order valence-corrected chi connectivity index (χ1v) is 9.39. The summed E-state index contributed by atoms with van der Waals surface area (Å²) in [5.41, 5.74) is 7.65. The molecule has 1 saturated heterocycles. The van der Waals surface area contributed by atoms with Gasteiger partial charge in [0.05, 0.1) is 13.2 Å². The first kappa shape index (κ1) is 19.5. The van der Waals surface area contributed by atoms with Gasteiger partial charge in [-0.25, -0.2) is 14.8 Å². The number of carbonyl (C=O) groups is 1. The van der Waals surface area contributed by atoms with E-state index in [1.54, 1.807) is 11.8 Å². The molecule has 28 heavy (non-hydrogen) atoms. The van der Waals surface area contributed by atoms with Gasteiger partial charge >= 0.3 is 6.09 Å². The molecule has 0 radical (unpaired) electrons. The molecule has 3 rings (SSSR count). The zero-order chi connectivity index (χ0) is 19.9. The number of anilines is 4. The lowest BCUT2D eigenvalue weighted by atomic mass is 10.2. The summed E-state index contributed by atoms with van der Waals surface area (Å²) < 4.78 is 10.5. The number of nitrogens with one attached hydrogen (secondary N) is 1. The summed E-state index contributed by atoms with van der Waals surface area (Å²) in [6.07, 6.45) is 1.20. The first-order valence-electron chi connectivity index (χ1n) is 9.39. The smallest absolute Gasteiger partial charge is 0.409 e. The summed E-state index contributed by atoms with van der Waals surface area (Å²) in [6.45, 7) is 7.12. The van der Waals surface area contributed by atoms with Crippen LogP contribution < -0.4 is 20.7 Å². The van der Waals surface area contributed by atoms with Crippen LogP contribution in [0.3, 0.4) is 0 Å². The Balaban J connectivity index is 1.67. The van der Waals surface area contributed by atoms with Gasteiger partial charge in [-0.1, -0.05) is 0 Å². The largest absolute Gasteiger partial charge is 0.494 e. The number of nitrogens with two attached hydrogens (primary N) is 1. The van der Waals surface area contributed by atoms with E-state index >= 15 is 0 Å². The van der Waals surface area contributed by atoms with Gasteiger partial charge in [-0.15, -0.1) is 0 Å². The lowest BCUT2D eigenvalue weighted by Gasteiger charge is -2.35. The van der Waals surface area contributed by atoms with Crippen LogP contribution in [0.25, 0.3) is 0 Å². The summed E-state index contributed by atoms with van der Waals surface area (Å²) in [5.74, 6) is 2.01. The van der Waals surface area contributed by atoms with E-state index in [9.17, 15) is 4.79 Å². The number of nitrogens with zero attached hydrogens (tertiary/aromatic N) is 4. The second-order valence-electron chi connectivity index (χ2n) is 6.21. The molecule has 0 unspecified atom stereocenters. The zero-order valence-corrected chi connectivity index (χ0v) is 16.2. The zero-order valence-electron chi connectivity index (χ0n) is 16.2. The minimum atomic E-state index is -0.282. The van der Waals surface area contributed by atoms with Crippen molar-refractivity contribution < 1.29 is 14.3 Å². The fourth-order valence-electron chi connectivity index (χ4n) is 2.99. The predicted molar refractivity (Wildman–Crippen MR) is 108 cm³/mol. The van der Waals surface area contributed by atoms with E-state index in [1.807, 2.05) is 31.2 Å². The van der Waals surface area contributed by atoms with Gasteiger partial charge in [0.2, 0.25) is 0 Å². The number of hydrogen-bond acceptors (Lipinski definition) is 8. The number of benzene rings is 1. The topological polar surface area (TPSA) is 106 Å². The van der Waals surface area contributed by atoms with Crippen LogP contribution in [0.2, 0.25) is 0 Å². The maximum absolute atomic E-state index is 11.8. The lowest BCUT2D eigenvalue weighted by Crippen LogP contribution is -2.49. The first-order chi connectivity index (χ1) is 13.6. The molecule has 0 atom stereocenters. The van der Waals surface area contributed by atoms with Gasteiger partial charge in [-0.05, 0) is 38.1 Å². The van der Waals surface area contributed by atoms with Gasteiger partial charge in [0.15, 0.2) is 11.6 Å². The van der Waals surface area contributed by atoms with Crippen molar-refractivity contribution in [2.24, 2.45) is 0 Å². The summed E-state index contributed by atoms with van der Waals surface area (Å²) in [6, 6.07) is 7.59. The third-order valence-electron chi connectivity index (χ3n) is 4.40. The Morgan fingerprint density at radius 3 is 2.46 bits per heavy atom. The number of rotatable bonds is 6. The molecule has 2 heterocycles. The van der Waals surface area contributed by atoms with Crippen LogP contribution in [0, 0.1) is 0 Å². The van der Waals surface area contributed by atoms with Gasteiger partial charge in [0, 0.05) is 31.9 Å². The molecule has 0 saturated carbocycles. The average molecular weight is 386 g/mol. The van der Waals surface area contributed by atoms with Crippen molar-refractivity contribution in [3.63, 3.8) is 0 Å².